The number of nitrogens with one attached hydrogen (secondary N) is 1. The number of carbonyl (C=O) groups excluding carboxylic acids is 1. The van der Waals surface area contributed by atoms with E-state index in [1.807, 2.05) is 74.7 Å². The van der Waals surface area contributed by atoms with Gasteiger partial charge in [-0.3, -0.25) is 10.1 Å². The van der Waals surface area contributed by atoms with E-state index in [-0.39, 0.29) is 5.91 Å². The van der Waals surface area contributed by atoms with Crippen molar-refractivity contribution in [1.82, 2.24) is 9.55 Å². The van der Waals surface area contributed by atoms with Gasteiger partial charge in [0.25, 0.3) is 5.91 Å². The van der Waals surface area contributed by atoms with Crippen LogP contribution in [0.2, 0.25) is 0 Å². The first-order valence-corrected chi connectivity index (χ1v) is 11.5. The third-order valence-corrected chi connectivity index (χ3v) is 6.40. The molecule has 4 aromatic rings. The number of ether oxygens (including phenoxy) is 2. The molecule has 0 bridgehead atoms. The van der Waals surface area contributed by atoms with Crippen molar-refractivity contribution in [3.8, 4) is 22.8 Å². The minimum atomic E-state index is -0.159. The van der Waals surface area contributed by atoms with Crippen LogP contribution in [0.15, 0.2) is 42.5 Å². The molecular weight excluding hydrogens is 422 g/mol. The number of nitrogens with zero attached hydrogens (tertiary/aromatic N) is 2. The van der Waals surface area contributed by atoms with Crippen molar-refractivity contribution >= 4 is 33.3 Å². The van der Waals surface area contributed by atoms with Crippen LogP contribution in [0, 0.1) is 13.8 Å². The summed E-state index contributed by atoms with van der Waals surface area (Å²) >= 11 is 1.47. The molecule has 2 heterocycles. The predicted octanol–water partition coefficient (Wildman–Crippen LogP) is 6.06. The van der Waals surface area contributed by atoms with Crippen LogP contribution in [-0.4, -0.2) is 29.2 Å². The van der Waals surface area contributed by atoms with Crippen molar-refractivity contribution in [3.63, 3.8) is 0 Å². The van der Waals surface area contributed by atoms with Crippen LogP contribution in [0.25, 0.3) is 22.2 Å². The lowest BCUT2D eigenvalue weighted by atomic mass is 10.1. The number of rotatable bonds is 7. The number of benzene rings is 2. The van der Waals surface area contributed by atoms with E-state index in [1.54, 1.807) is 7.11 Å². The molecule has 166 valence electrons. The van der Waals surface area contributed by atoms with Gasteiger partial charge in [0.1, 0.15) is 17.2 Å². The van der Waals surface area contributed by atoms with E-state index in [1.165, 1.54) is 11.3 Å². The molecule has 2 aromatic carbocycles. The molecule has 0 radical (unpaired) electrons. The Bertz CT molecular complexity index is 1270. The van der Waals surface area contributed by atoms with Crippen LogP contribution >= 0.6 is 11.3 Å². The van der Waals surface area contributed by atoms with Gasteiger partial charge >= 0.3 is 0 Å². The highest BCUT2D eigenvalue weighted by Crippen LogP contribution is 2.33. The summed E-state index contributed by atoms with van der Waals surface area (Å²) in [6.07, 6.45) is 0. The summed E-state index contributed by atoms with van der Waals surface area (Å²) in [6.45, 7) is 9.29. The third-order valence-electron chi connectivity index (χ3n) is 5.51. The van der Waals surface area contributed by atoms with Gasteiger partial charge in [-0.2, -0.15) is 0 Å². The molecule has 1 N–H and O–H groups in total. The Kier molecular flexibility index (Phi) is 6.19. The second-order valence-corrected chi connectivity index (χ2v) is 8.64. The molecular formula is C25H27N3O3S. The van der Waals surface area contributed by atoms with Gasteiger partial charge in [0.05, 0.1) is 19.4 Å². The Morgan fingerprint density at radius 2 is 1.81 bits per heavy atom. The predicted molar refractivity (Wildman–Crippen MR) is 130 cm³/mol. The van der Waals surface area contributed by atoms with Crippen LogP contribution < -0.4 is 14.8 Å². The maximum Gasteiger partial charge on any atom is 0.274 e. The minimum Gasteiger partial charge on any atom is -0.497 e. The largest absolute Gasteiger partial charge is 0.497 e. The van der Waals surface area contributed by atoms with Crippen LogP contribution in [0.3, 0.4) is 0 Å². The maximum absolute atomic E-state index is 13.3. The standard InChI is InChI=1S/C25H27N3O3S/c1-6-28-21-13-12-19(31-7-2)14-20(21)15(3)23(28)24(29)27-25-26-22(16(4)32-25)17-8-10-18(30-5)11-9-17/h8-14H,6-7H2,1-5H3,(H,26,27,29). The van der Waals surface area contributed by atoms with E-state index >= 15 is 0 Å². The van der Waals surface area contributed by atoms with Crippen molar-refractivity contribution in [2.45, 2.75) is 34.2 Å². The highest BCUT2D eigenvalue weighted by molar-refractivity contribution is 7.16. The highest BCUT2D eigenvalue weighted by atomic mass is 32.1. The molecule has 32 heavy (non-hydrogen) atoms. The summed E-state index contributed by atoms with van der Waals surface area (Å²) in [5, 5.41) is 4.63. The number of hydrogen-bond acceptors (Lipinski definition) is 5. The zero-order valence-electron chi connectivity index (χ0n) is 19.0. The van der Waals surface area contributed by atoms with Gasteiger partial charge in [0, 0.05) is 27.9 Å². The molecule has 0 unspecified atom stereocenters. The van der Waals surface area contributed by atoms with Crippen molar-refractivity contribution in [3.05, 3.63) is 58.6 Å². The van der Waals surface area contributed by atoms with Crippen LogP contribution in [-0.2, 0) is 6.54 Å². The quantitative estimate of drug-likeness (QED) is 0.372. The fourth-order valence-corrected chi connectivity index (χ4v) is 4.83. The van der Waals surface area contributed by atoms with Crippen molar-refractivity contribution in [2.24, 2.45) is 0 Å². The van der Waals surface area contributed by atoms with E-state index in [0.29, 0.717) is 24.0 Å². The molecule has 2 aromatic heterocycles. The van der Waals surface area contributed by atoms with Crippen LogP contribution in [0.1, 0.15) is 34.8 Å². The summed E-state index contributed by atoms with van der Waals surface area (Å²) in [7, 11) is 1.64. The molecule has 0 aliphatic rings. The third kappa shape index (κ3) is 3.96. The van der Waals surface area contributed by atoms with E-state index in [2.05, 4.69) is 5.32 Å². The van der Waals surface area contributed by atoms with Gasteiger partial charge in [-0.15, -0.1) is 11.3 Å². The number of fused-ring (bicyclic) bond motifs is 1. The lowest BCUT2D eigenvalue weighted by Gasteiger charge is -2.08. The number of anilines is 1. The first-order chi connectivity index (χ1) is 15.5. The molecule has 1 amide bonds. The Morgan fingerprint density at radius 3 is 2.47 bits per heavy atom. The number of aryl methyl sites for hydroxylation is 3. The molecule has 0 saturated heterocycles. The van der Waals surface area contributed by atoms with Gasteiger partial charge in [-0.05, 0) is 75.7 Å². The average molecular weight is 450 g/mol. The fraction of sp³-hybridized carbons (Fsp3) is 0.280. The van der Waals surface area contributed by atoms with Crippen molar-refractivity contribution in [2.75, 3.05) is 19.0 Å². The van der Waals surface area contributed by atoms with Gasteiger partial charge in [0.2, 0.25) is 0 Å². The SMILES string of the molecule is CCOc1ccc2c(c1)c(C)c(C(=O)Nc1nc(-c3ccc(OC)cc3)c(C)s1)n2CC. The summed E-state index contributed by atoms with van der Waals surface area (Å²) in [4.78, 5) is 19.1. The number of methoxy groups -OCH3 is 1. The Balaban J connectivity index is 1.66. The smallest absolute Gasteiger partial charge is 0.274 e. The fourth-order valence-electron chi connectivity index (χ4n) is 4.00. The zero-order chi connectivity index (χ0) is 22.8. The molecule has 0 atom stereocenters. The average Bonchev–Trinajstić information content (AvgIpc) is 3.30. The number of carbonyl (C=O) groups is 1. The maximum atomic E-state index is 13.3. The molecule has 0 saturated carbocycles. The Labute approximate surface area is 191 Å². The molecule has 0 spiro atoms. The van der Waals surface area contributed by atoms with Crippen LogP contribution in [0.4, 0.5) is 5.13 Å². The van der Waals surface area contributed by atoms with Gasteiger partial charge in [-0.1, -0.05) is 0 Å². The van der Waals surface area contributed by atoms with E-state index in [9.17, 15) is 4.79 Å². The lowest BCUT2D eigenvalue weighted by molar-refractivity contribution is 0.101. The molecule has 0 aliphatic heterocycles. The van der Waals surface area contributed by atoms with E-state index < -0.39 is 0 Å². The topological polar surface area (TPSA) is 65.4 Å². The monoisotopic (exact) mass is 449 g/mol. The second-order valence-electron chi connectivity index (χ2n) is 7.44. The summed E-state index contributed by atoms with van der Waals surface area (Å²) in [5.74, 6) is 1.45. The summed E-state index contributed by atoms with van der Waals surface area (Å²) in [6, 6.07) is 13.7. The van der Waals surface area contributed by atoms with Gasteiger partial charge in [0.15, 0.2) is 5.13 Å². The normalized spacial score (nSPS) is 11.0. The minimum absolute atomic E-state index is 0.159. The molecule has 7 heteroatoms. The summed E-state index contributed by atoms with van der Waals surface area (Å²) < 4.78 is 12.9. The van der Waals surface area contributed by atoms with Crippen molar-refractivity contribution in [1.29, 1.82) is 0 Å². The number of aromatic nitrogens is 2. The first kappa shape index (κ1) is 21.9. The zero-order valence-corrected chi connectivity index (χ0v) is 19.8. The van der Waals surface area contributed by atoms with Gasteiger partial charge in [-0.25, -0.2) is 4.98 Å². The highest BCUT2D eigenvalue weighted by Gasteiger charge is 2.21. The molecule has 4 rings (SSSR count). The number of hydrogen-bond donors (Lipinski definition) is 1. The van der Waals surface area contributed by atoms with Gasteiger partial charge < -0.3 is 14.0 Å². The lowest BCUT2D eigenvalue weighted by Crippen LogP contribution is -2.17. The van der Waals surface area contributed by atoms with E-state index in [4.69, 9.17) is 14.5 Å². The number of amides is 1. The second kappa shape index (κ2) is 9.04. The molecule has 6 nitrogen and oxygen atoms in total. The summed E-state index contributed by atoms with van der Waals surface area (Å²) in [5.41, 5.74) is 4.46. The van der Waals surface area contributed by atoms with Crippen molar-refractivity contribution < 1.29 is 14.3 Å². The Morgan fingerprint density at radius 1 is 1.09 bits per heavy atom. The molecule has 0 aliphatic carbocycles. The van der Waals surface area contributed by atoms with E-state index in [0.717, 1.165) is 44.1 Å². The van der Waals surface area contributed by atoms with Crippen LogP contribution in [0.5, 0.6) is 11.5 Å². The number of thiazole rings is 1. The first-order valence-electron chi connectivity index (χ1n) is 10.7. The molecule has 0 fully saturated rings. The Hall–Kier alpha value is -3.32.